The average Bonchev–Trinajstić information content (AvgIpc) is 2.79. The van der Waals surface area contributed by atoms with Crippen LogP contribution in [0, 0.1) is 0 Å². The lowest BCUT2D eigenvalue weighted by atomic mass is 10.2. The van der Waals surface area contributed by atoms with E-state index in [9.17, 15) is 0 Å². The minimum Gasteiger partial charge on any atom is -0.310 e. The predicted molar refractivity (Wildman–Crippen MR) is 74.7 cm³/mol. The van der Waals surface area contributed by atoms with Gasteiger partial charge in [0.15, 0.2) is 0 Å². The Morgan fingerprint density at radius 1 is 1.41 bits per heavy atom. The van der Waals surface area contributed by atoms with E-state index in [1.54, 1.807) is 11.3 Å². The molecule has 0 aliphatic rings. The molecule has 0 radical (unpaired) electrons. The largest absolute Gasteiger partial charge is 0.310 e. The van der Waals surface area contributed by atoms with Crippen LogP contribution in [0.15, 0.2) is 30.5 Å². The van der Waals surface area contributed by atoms with Gasteiger partial charge in [0.2, 0.25) is 0 Å². The number of nitrogens with one attached hydrogen (secondary N) is 1. The van der Waals surface area contributed by atoms with Gasteiger partial charge in [-0.15, -0.1) is 11.3 Å². The van der Waals surface area contributed by atoms with Crippen LogP contribution in [0.1, 0.15) is 24.8 Å². The number of rotatable bonds is 4. The highest BCUT2D eigenvalue weighted by atomic mass is 35.5. The molecule has 17 heavy (non-hydrogen) atoms. The topological polar surface area (TPSA) is 24.9 Å². The normalized spacial score (nSPS) is 12.6. The molecule has 4 heteroatoms. The van der Waals surface area contributed by atoms with E-state index in [4.69, 9.17) is 11.6 Å². The van der Waals surface area contributed by atoms with Crippen LogP contribution < -0.4 is 5.32 Å². The summed E-state index contributed by atoms with van der Waals surface area (Å²) in [7, 11) is 0. The summed E-state index contributed by atoms with van der Waals surface area (Å²) in [5.41, 5.74) is 1.01. The Bertz CT molecular complexity index is 496. The highest BCUT2D eigenvalue weighted by Gasteiger charge is 2.11. The van der Waals surface area contributed by atoms with Crippen LogP contribution in [0.2, 0.25) is 5.02 Å². The molecular formula is C13H15ClN2S. The van der Waals surface area contributed by atoms with Gasteiger partial charge in [0, 0.05) is 22.7 Å². The summed E-state index contributed by atoms with van der Waals surface area (Å²) in [6.45, 7) is 5.21. The number of hydrogen-bond donors (Lipinski definition) is 1. The summed E-state index contributed by atoms with van der Waals surface area (Å²) < 4.78 is 0. The molecule has 0 saturated carbocycles. The first-order valence-electron chi connectivity index (χ1n) is 5.66. The van der Waals surface area contributed by atoms with Gasteiger partial charge < -0.3 is 5.32 Å². The maximum Gasteiger partial charge on any atom is 0.125 e. The van der Waals surface area contributed by atoms with Gasteiger partial charge in [-0.25, -0.2) is 4.98 Å². The fourth-order valence-corrected chi connectivity index (χ4v) is 2.92. The molecule has 0 amide bonds. The Balaban J connectivity index is 2.27. The summed E-state index contributed by atoms with van der Waals surface area (Å²) in [5, 5.41) is 5.11. The number of aromatic nitrogens is 1. The molecule has 2 aromatic rings. The minimum atomic E-state index is 0.341. The van der Waals surface area contributed by atoms with E-state index in [0.29, 0.717) is 6.04 Å². The molecule has 1 unspecified atom stereocenters. The molecule has 2 rings (SSSR count). The minimum absolute atomic E-state index is 0.341. The van der Waals surface area contributed by atoms with Gasteiger partial charge in [0.05, 0.1) is 5.02 Å². The van der Waals surface area contributed by atoms with Crippen LogP contribution in [0.4, 0.5) is 0 Å². The lowest BCUT2D eigenvalue weighted by molar-refractivity contribution is 0.606. The zero-order chi connectivity index (χ0) is 12.3. The second-order valence-corrected chi connectivity index (χ2v) is 5.30. The molecule has 0 spiro atoms. The smallest absolute Gasteiger partial charge is 0.125 e. The van der Waals surface area contributed by atoms with Gasteiger partial charge >= 0.3 is 0 Å². The fourth-order valence-electron chi connectivity index (χ4n) is 1.65. The Kier molecular flexibility index (Phi) is 4.15. The lowest BCUT2D eigenvalue weighted by Crippen LogP contribution is -2.16. The van der Waals surface area contributed by atoms with Crippen molar-refractivity contribution in [2.24, 2.45) is 0 Å². The maximum atomic E-state index is 6.16. The predicted octanol–water partition coefficient (Wildman–Crippen LogP) is 4.13. The third-order valence-corrected chi connectivity index (χ3v) is 4.11. The number of hydrogen-bond acceptors (Lipinski definition) is 3. The molecular weight excluding hydrogens is 252 g/mol. The highest BCUT2D eigenvalue weighted by Crippen LogP contribution is 2.32. The fraction of sp³-hybridized carbons (Fsp3) is 0.308. The van der Waals surface area contributed by atoms with E-state index >= 15 is 0 Å². The second kappa shape index (κ2) is 5.63. The van der Waals surface area contributed by atoms with Crippen molar-refractivity contribution in [1.82, 2.24) is 10.3 Å². The van der Waals surface area contributed by atoms with Crippen molar-refractivity contribution in [2.45, 2.75) is 19.9 Å². The van der Waals surface area contributed by atoms with Crippen LogP contribution in [0.5, 0.6) is 0 Å². The monoisotopic (exact) mass is 266 g/mol. The SMILES string of the molecule is CCNC(C)c1cnc(-c2ccccc2Cl)s1. The Morgan fingerprint density at radius 3 is 2.88 bits per heavy atom. The highest BCUT2D eigenvalue weighted by molar-refractivity contribution is 7.15. The molecule has 0 saturated heterocycles. The van der Waals surface area contributed by atoms with Crippen LogP contribution >= 0.6 is 22.9 Å². The number of thiazole rings is 1. The van der Waals surface area contributed by atoms with Gasteiger partial charge in [-0.05, 0) is 19.5 Å². The van der Waals surface area contributed by atoms with Crippen molar-refractivity contribution in [2.75, 3.05) is 6.54 Å². The van der Waals surface area contributed by atoms with E-state index in [1.165, 1.54) is 4.88 Å². The molecule has 1 atom stereocenters. The van der Waals surface area contributed by atoms with E-state index in [2.05, 4.69) is 24.1 Å². The van der Waals surface area contributed by atoms with Crippen molar-refractivity contribution in [3.8, 4) is 10.6 Å². The number of benzene rings is 1. The van der Waals surface area contributed by atoms with Gasteiger partial charge in [-0.3, -0.25) is 0 Å². The van der Waals surface area contributed by atoms with Gasteiger partial charge in [-0.2, -0.15) is 0 Å². The molecule has 90 valence electrons. The summed E-state index contributed by atoms with van der Waals surface area (Å²) in [5.74, 6) is 0. The second-order valence-electron chi connectivity index (χ2n) is 3.83. The molecule has 1 heterocycles. The third-order valence-electron chi connectivity index (χ3n) is 2.56. The Labute approximate surface area is 111 Å². The van der Waals surface area contributed by atoms with Crippen LogP contribution in [0.25, 0.3) is 10.6 Å². The van der Waals surface area contributed by atoms with Crippen molar-refractivity contribution >= 4 is 22.9 Å². The third kappa shape index (κ3) is 2.86. The molecule has 0 fully saturated rings. The first kappa shape index (κ1) is 12.6. The zero-order valence-corrected chi connectivity index (χ0v) is 11.5. The van der Waals surface area contributed by atoms with Gasteiger partial charge in [0.25, 0.3) is 0 Å². The molecule has 2 nitrogen and oxygen atoms in total. The summed E-state index contributed by atoms with van der Waals surface area (Å²) in [4.78, 5) is 5.68. The van der Waals surface area contributed by atoms with Crippen LogP contribution in [0.3, 0.4) is 0 Å². The van der Waals surface area contributed by atoms with Crippen molar-refractivity contribution in [3.05, 3.63) is 40.4 Å². The maximum absolute atomic E-state index is 6.16. The van der Waals surface area contributed by atoms with Crippen molar-refractivity contribution in [3.63, 3.8) is 0 Å². The van der Waals surface area contributed by atoms with Crippen molar-refractivity contribution < 1.29 is 0 Å². The quantitative estimate of drug-likeness (QED) is 0.900. The summed E-state index contributed by atoms with van der Waals surface area (Å²) >= 11 is 7.85. The molecule has 1 aromatic carbocycles. The van der Waals surface area contributed by atoms with Crippen LogP contribution in [-0.2, 0) is 0 Å². The number of halogens is 1. The first-order chi connectivity index (χ1) is 8.22. The van der Waals surface area contributed by atoms with E-state index in [1.807, 2.05) is 30.5 Å². The Morgan fingerprint density at radius 2 is 2.18 bits per heavy atom. The van der Waals surface area contributed by atoms with E-state index in [-0.39, 0.29) is 0 Å². The van der Waals surface area contributed by atoms with Crippen LogP contribution in [-0.4, -0.2) is 11.5 Å². The van der Waals surface area contributed by atoms with E-state index in [0.717, 1.165) is 22.1 Å². The standard InChI is InChI=1S/C13H15ClN2S/c1-3-15-9(2)12-8-16-13(17-12)10-6-4-5-7-11(10)14/h4-9,15H,3H2,1-2H3. The average molecular weight is 267 g/mol. The van der Waals surface area contributed by atoms with Gasteiger partial charge in [-0.1, -0.05) is 36.7 Å². The molecule has 0 aliphatic carbocycles. The first-order valence-corrected chi connectivity index (χ1v) is 6.85. The molecule has 0 aliphatic heterocycles. The van der Waals surface area contributed by atoms with E-state index < -0.39 is 0 Å². The zero-order valence-electron chi connectivity index (χ0n) is 9.90. The van der Waals surface area contributed by atoms with Gasteiger partial charge in [0.1, 0.15) is 5.01 Å². The Hall–Kier alpha value is -0.900. The van der Waals surface area contributed by atoms with Crippen molar-refractivity contribution in [1.29, 1.82) is 0 Å². The molecule has 1 aromatic heterocycles. The summed E-state index contributed by atoms with van der Waals surface area (Å²) in [6.07, 6.45) is 1.93. The molecule has 0 bridgehead atoms. The molecule has 1 N–H and O–H groups in total. The number of nitrogens with zero attached hydrogens (tertiary/aromatic N) is 1. The summed E-state index contributed by atoms with van der Waals surface area (Å²) in [6, 6.07) is 8.15. The lowest BCUT2D eigenvalue weighted by Gasteiger charge is -2.08.